The summed E-state index contributed by atoms with van der Waals surface area (Å²) >= 11 is 0. The summed E-state index contributed by atoms with van der Waals surface area (Å²) in [6.07, 6.45) is 6.29. The Balaban J connectivity index is 2.31. The van der Waals surface area contributed by atoms with Crippen molar-refractivity contribution >= 4 is 5.82 Å². The number of aryl methyl sites for hydroxylation is 1. The summed E-state index contributed by atoms with van der Waals surface area (Å²) in [7, 11) is 0. The van der Waals surface area contributed by atoms with Gasteiger partial charge in [-0.3, -0.25) is 4.98 Å². The zero-order valence-corrected chi connectivity index (χ0v) is 12.9. The van der Waals surface area contributed by atoms with Crippen LogP contribution in [0.3, 0.4) is 0 Å². The maximum absolute atomic E-state index is 5.86. The Morgan fingerprint density at radius 2 is 2.05 bits per heavy atom. The van der Waals surface area contributed by atoms with Crippen molar-refractivity contribution in [1.82, 2.24) is 15.0 Å². The molecule has 0 fully saturated rings. The van der Waals surface area contributed by atoms with E-state index in [1.54, 1.807) is 12.4 Å². The van der Waals surface area contributed by atoms with Crippen molar-refractivity contribution in [2.75, 3.05) is 11.9 Å². The lowest BCUT2D eigenvalue weighted by Gasteiger charge is -2.13. The second-order valence-corrected chi connectivity index (χ2v) is 4.89. The zero-order valence-electron chi connectivity index (χ0n) is 12.9. The first kappa shape index (κ1) is 15.2. The second kappa shape index (κ2) is 7.57. The molecule has 0 saturated carbocycles. The van der Waals surface area contributed by atoms with Crippen LogP contribution in [0.1, 0.15) is 38.1 Å². The number of aromatic nitrogens is 3. The van der Waals surface area contributed by atoms with Gasteiger partial charge >= 0.3 is 0 Å². The highest BCUT2D eigenvalue weighted by atomic mass is 16.5. The third-order valence-corrected chi connectivity index (χ3v) is 3.01. The van der Waals surface area contributed by atoms with Gasteiger partial charge in [-0.05, 0) is 31.9 Å². The Bertz CT molecular complexity index is 572. The Labute approximate surface area is 125 Å². The molecule has 0 atom stereocenters. The summed E-state index contributed by atoms with van der Waals surface area (Å²) in [6.45, 7) is 7.10. The number of hydrogen-bond acceptors (Lipinski definition) is 5. The van der Waals surface area contributed by atoms with Gasteiger partial charge in [-0.15, -0.1) is 0 Å². The van der Waals surface area contributed by atoms with Crippen molar-refractivity contribution in [3.63, 3.8) is 0 Å². The summed E-state index contributed by atoms with van der Waals surface area (Å²) in [4.78, 5) is 13.2. The fourth-order valence-corrected chi connectivity index (χ4v) is 1.91. The molecule has 2 aromatic heterocycles. The smallest absolute Gasteiger partial charge is 0.227 e. The van der Waals surface area contributed by atoms with E-state index in [0.29, 0.717) is 11.6 Å². The topological polar surface area (TPSA) is 59.9 Å². The SMILES string of the molecule is CCCNc1nc(CCC)nc(Oc2cccnc2)c1C. The van der Waals surface area contributed by atoms with Gasteiger partial charge in [-0.25, -0.2) is 4.98 Å². The molecule has 0 aliphatic carbocycles. The summed E-state index contributed by atoms with van der Waals surface area (Å²) in [5, 5.41) is 3.34. The van der Waals surface area contributed by atoms with Gasteiger partial charge in [-0.1, -0.05) is 13.8 Å². The van der Waals surface area contributed by atoms with Crippen LogP contribution in [0, 0.1) is 6.92 Å². The van der Waals surface area contributed by atoms with E-state index in [1.807, 2.05) is 19.1 Å². The molecule has 5 nitrogen and oxygen atoms in total. The van der Waals surface area contributed by atoms with Gasteiger partial charge in [-0.2, -0.15) is 4.98 Å². The van der Waals surface area contributed by atoms with Gasteiger partial charge in [0.1, 0.15) is 17.4 Å². The van der Waals surface area contributed by atoms with Crippen LogP contribution >= 0.6 is 0 Å². The van der Waals surface area contributed by atoms with Gasteiger partial charge < -0.3 is 10.1 Å². The van der Waals surface area contributed by atoms with Crippen LogP contribution < -0.4 is 10.1 Å². The molecule has 1 N–H and O–H groups in total. The van der Waals surface area contributed by atoms with Gasteiger partial charge in [0.15, 0.2) is 0 Å². The Kier molecular flexibility index (Phi) is 5.49. The average Bonchev–Trinajstić information content (AvgIpc) is 2.50. The van der Waals surface area contributed by atoms with E-state index in [9.17, 15) is 0 Å². The molecule has 0 aliphatic rings. The highest BCUT2D eigenvalue weighted by molar-refractivity contribution is 5.49. The summed E-state index contributed by atoms with van der Waals surface area (Å²) in [5.74, 6) is 2.94. The first-order valence-electron chi connectivity index (χ1n) is 7.43. The second-order valence-electron chi connectivity index (χ2n) is 4.89. The van der Waals surface area contributed by atoms with Crippen LogP contribution in [-0.2, 0) is 6.42 Å². The highest BCUT2D eigenvalue weighted by Crippen LogP contribution is 2.27. The van der Waals surface area contributed by atoms with Crippen molar-refractivity contribution < 1.29 is 4.74 Å². The van der Waals surface area contributed by atoms with Gasteiger partial charge in [0.05, 0.1) is 11.8 Å². The van der Waals surface area contributed by atoms with E-state index in [2.05, 4.69) is 34.1 Å². The predicted octanol–water partition coefficient (Wildman–Crippen LogP) is 3.75. The zero-order chi connectivity index (χ0) is 15.1. The maximum Gasteiger partial charge on any atom is 0.227 e. The molecule has 112 valence electrons. The first-order valence-corrected chi connectivity index (χ1v) is 7.43. The summed E-state index contributed by atoms with van der Waals surface area (Å²) < 4.78 is 5.86. The van der Waals surface area contributed by atoms with E-state index < -0.39 is 0 Å². The maximum atomic E-state index is 5.86. The van der Waals surface area contributed by atoms with Crippen LogP contribution in [0.25, 0.3) is 0 Å². The molecule has 2 heterocycles. The van der Waals surface area contributed by atoms with Crippen LogP contribution in [0.5, 0.6) is 11.6 Å². The van der Waals surface area contributed by atoms with Crippen molar-refractivity contribution in [3.8, 4) is 11.6 Å². The van der Waals surface area contributed by atoms with Crippen molar-refractivity contribution in [3.05, 3.63) is 35.9 Å². The average molecular weight is 286 g/mol. The van der Waals surface area contributed by atoms with Crippen LogP contribution in [0.2, 0.25) is 0 Å². The lowest BCUT2D eigenvalue weighted by Crippen LogP contribution is -2.09. The number of pyridine rings is 1. The Hall–Kier alpha value is -2.17. The normalized spacial score (nSPS) is 10.4. The molecule has 2 aromatic rings. The first-order chi connectivity index (χ1) is 10.2. The molecule has 0 spiro atoms. The number of rotatable bonds is 7. The van der Waals surface area contributed by atoms with Crippen LogP contribution in [-0.4, -0.2) is 21.5 Å². The van der Waals surface area contributed by atoms with E-state index in [-0.39, 0.29) is 0 Å². The molecule has 0 unspecified atom stereocenters. The Morgan fingerprint density at radius 3 is 2.71 bits per heavy atom. The molecule has 0 aromatic carbocycles. The number of ether oxygens (including phenoxy) is 1. The third-order valence-electron chi connectivity index (χ3n) is 3.01. The highest BCUT2D eigenvalue weighted by Gasteiger charge is 2.12. The molecular weight excluding hydrogens is 264 g/mol. The molecule has 0 aliphatic heterocycles. The lowest BCUT2D eigenvalue weighted by molar-refractivity contribution is 0.452. The minimum Gasteiger partial charge on any atom is -0.437 e. The molecule has 0 saturated heterocycles. The molecule has 0 bridgehead atoms. The number of nitrogens with one attached hydrogen (secondary N) is 1. The summed E-state index contributed by atoms with van der Waals surface area (Å²) in [6, 6.07) is 3.71. The van der Waals surface area contributed by atoms with Crippen LogP contribution in [0.15, 0.2) is 24.5 Å². The van der Waals surface area contributed by atoms with Gasteiger partial charge in [0.2, 0.25) is 5.88 Å². The van der Waals surface area contributed by atoms with E-state index in [1.165, 1.54) is 0 Å². The van der Waals surface area contributed by atoms with Crippen LogP contribution in [0.4, 0.5) is 5.82 Å². The lowest BCUT2D eigenvalue weighted by atomic mass is 10.2. The van der Waals surface area contributed by atoms with Crippen molar-refractivity contribution in [1.29, 1.82) is 0 Å². The third kappa shape index (κ3) is 4.15. The van der Waals surface area contributed by atoms with Crippen molar-refractivity contribution in [2.24, 2.45) is 0 Å². The minimum atomic E-state index is 0.597. The fraction of sp³-hybridized carbons (Fsp3) is 0.438. The molecule has 0 amide bonds. The van der Waals surface area contributed by atoms with Gasteiger partial charge in [0.25, 0.3) is 0 Å². The minimum absolute atomic E-state index is 0.597. The molecule has 0 radical (unpaired) electrons. The molecule has 5 heteroatoms. The standard InChI is InChI=1S/C16H22N4O/c1-4-7-14-19-15(18-9-5-2)12(3)16(20-14)21-13-8-6-10-17-11-13/h6,8,10-11H,4-5,7,9H2,1-3H3,(H,18,19,20). The monoisotopic (exact) mass is 286 g/mol. The molecular formula is C16H22N4O. The van der Waals surface area contributed by atoms with E-state index in [4.69, 9.17) is 4.74 Å². The van der Waals surface area contributed by atoms with Gasteiger partial charge in [0, 0.05) is 19.2 Å². The van der Waals surface area contributed by atoms with E-state index in [0.717, 1.165) is 43.0 Å². The predicted molar refractivity (Wildman–Crippen MR) is 83.9 cm³/mol. The Morgan fingerprint density at radius 1 is 1.19 bits per heavy atom. The van der Waals surface area contributed by atoms with E-state index >= 15 is 0 Å². The fourth-order valence-electron chi connectivity index (χ4n) is 1.91. The number of hydrogen-bond donors (Lipinski definition) is 1. The number of anilines is 1. The van der Waals surface area contributed by atoms with Crippen molar-refractivity contribution in [2.45, 2.75) is 40.0 Å². The largest absolute Gasteiger partial charge is 0.437 e. The molecule has 2 rings (SSSR count). The molecule has 21 heavy (non-hydrogen) atoms. The quantitative estimate of drug-likeness (QED) is 0.840. The number of nitrogens with zero attached hydrogens (tertiary/aromatic N) is 3. The summed E-state index contributed by atoms with van der Waals surface area (Å²) in [5.41, 5.74) is 0.923.